The van der Waals surface area contributed by atoms with Crippen LogP contribution in [-0.2, 0) is 6.54 Å². The van der Waals surface area contributed by atoms with Crippen molar-refractivity contribution in [2.45, 2.75) is 46.6 Å². The van der Waals surface area contributed by atoms with Crippen molar-refractivity contribution in [3.63, 3.8) is 0 Å². The minimum Gasteiger partial charge on any atom is -0.494 e. The van der Waals surface area contributed by atoms with Gasteiger partial charge in [0.15, 0.2) is 0 Å². The maximum atomic E-state index is 13.2. The molecule has 0 radical (unpaired) electrons. The fourth-order valence-electron chi connectivity index (χ4n) is 3.02. The van der Waals surface area contributed by atoms with Crippen LogP contribution in [0.2, 0.25) is 0 Å². The van der Waals surface area contributed by atoms with E-state index in [-0.39, 0.29) is 28.8 Å². The normalized spacial score (nSPS) is 10.4. The summed E-state index contributed by atoms with van der Waals surface area (Å²) >= 11 is 0. The fraction of sp³-hybridized carbons (Fsp3) is 0.381. The van der Waals surface area contributed by atoms with E-state index in [1.54, 1.807) is 24.3 Å². The zero-order valence-corrected chi connectivity index (χ0v) is 15.9. The Labute approximate surface area is 158 Å². The van der Waals surface area contributed by atoms with Gasteiger partial charge in [-0.05, 0) is 38.0 Å². The van der Waals surface area contributed by atoms with E-state index in [1.807, 2.05) is 19.9 Å². The first-order valence-electron chi connectivity index (χ1n) is 9.10. The van der Waals surface area contributed by atoms with Gasteiger partial charge in [0.05, 0.1) is 17.7 Å². The molecule has 1 heterocycles. The molecule has 6 heteroatoms. The number of aromatic hydroxyl groups is 1. The van der Waals surface area contributed by atoms with Crippen LogP contribution in [0.5, 0.6) is 11.6 Å². The summed E-state index contributed by atoms with van der Waals surface area (Å²) in [7, 11) is 0. The molecule has 0 saturated heterocycles. The third-order valence-corrected chi connectivity index (χ3v) is 4.44. The highest BCUT2D eigenvalue weighted by Gasteiger charge is 2.26. The first kappa shape index (κ1) is 20.2. The second-order valence-electron chi connectivity index (χ2n) is 6.23. The molecule has 0 aliphatic rings. The lowest BCUT2D eigenvalue weighted by molar-refractivity contribution is 0.103. The van der Waals surface area contributed by atoms with E-state index < -0.39 is 17.2 Å². The molecule has 0 bridgehead atoms. The number of aromatic nitrogens is 1. The average molecular weight is 368 g/mol. The molecule has 0 aliphatic carbocycles. The minimum atomic E-state index is -0.571. The number of carbonyl (C=O) groups is 1. The first-order valence-corrected chi connectivity index (χ1v) is 9.10. The number of hydrogen-bond donors (Lipinski definition) is 1. The number of benzene rings is 1. The number of nitrogens with zero attached hydrogens (tertiary/aromatic N) is 2. The van der Waals surface area contributed by atoms with Crippen molar-refractivity contribution in [3.05, 3.63) is 56.9 Å². The number of ether oxygens (including phenoxy) is 1. The molecule has 0 spiro atoms. The zero-order chi connectivity index (χ0) is 20.0. The number of carbonyl (C=O) groups excluding carboxylic acids is 1. The SMILES string of the molecule is CCCCCn1c(O)c(C(=O)c2ccccc2OCC)c(C)c(C#N)c1=O. The number of nitriles is 1. The number of para-hydroxylation sites is 1. The van der Waals surface area contributed by atoms with Crippen LogP contribution < -0.4 is 10.3 Å². The van der Waals surface area contributed by atoms with Crippen molar-refractivity contribution in [2.24, 2.45) is 0 Å². The molecular weight excluding hydrogens is 344 g/mol. The van der Waals surface area contributed by atoms with Crippen LogP contribution in [0.25, 0.3) is 0 Å². The molecule has 2 aromatic rings. The Bertz CT molecular complexity index is 938. The topological polar surface area (TPSA) is 92.3 Å². The molecule has 0 aliphatic heterocycles. The number of rotatable bonds is 8. The molecule has 1 aromatic carbocycles. The lowest BCUT2D eigenvalue weighted by Crippen LogP contribution is -2.27. The third kappa shape index (κ3) is 4.03. The van der Waals surface area contributed by atoms with Crippen molar-refractivity contribution >= 4 is 5.78 Å². The molecule has 1 aromatic heterocycles. The molecule has 0 atom stereocenters. The highest BCUT2D eigenvalue weighted by atomic mass is 16.5. The summed E-state index contributed by atoms with van der Waals surface area (Å²) in [6, 6.07) is 8.60. The Morgan fingerprint density at radius 1 is 1.26 bits per heavy atom. The van der Waals surface area contributed by atoms with E-state index in [0.29, 0.717) is 18.8 Å². The molecule has 0 fully saturated rings. The Hall–Kier alpha value is -3.07. The van der Waals surface area contributed by atoms with Gasteiger partial charge in [-0.15, -0.1) is 0 Å². The van der Waals surface area contributed by atoms with Gasteiger partial charge in [0.2, 0.25) is 11.7 Å². The molecule has 0 amide bonds. The van der Waals surface area contributed by atoms with Crippen molar-refractivity contribution in [2.75, 3.05) is 6.61 Å². The van der Waals surface area contributed by atoms with Crippen molar-refractivity contribution in [1.82, 2.24) is 4.57 Å². The fourth-order valence-corrected chi connectivity index (χ4v) is 3.02. The molecule has 6 nitrogen and oxygen atoms in total. The smallest absolute Gasteiger partial charge is 0.271 e. The second kappa shape index (κ2) is 9.04. The summed E-state index contributed by atoms with van der Waals surface area (Å²) in [5.74, 6) is -0.482. The van der Waals surface area contributed by atoms with Crippen LogP contribution in [0.3, 0.4) is 0 Å². The lowest BCUT2D eigenvalue weighted by atomic mass is 9.96. The molecule has 2 rings (SSSR count). The predicted octanol–water partition coefficient (Wildman–Crippen LogP) is 3.55. The van der Waals surface area contributed by atoms with E-state index in [9.17, 15) is 20.0 Å². The van der Waals surface area contributed by atoms with E-state index in [2.05, 4.69) is 0 Å². The summed E-state index contributed by atoms with van der Waals surface area (Å²) in [6.07, 6.45) is 2.49. The summed E-state index contributed by atoms with van der Waals surface area (Å²) in [4.78, 5) is 25.7. The van der Waals surface area contributed by atoms with Crippen LogP contribution in [-0.4, -0.2) is 22.1 Å². The maximum Gasteiger partial charge on any atom is 0.271 e. The van der Waals surface area contributed by atoms with E-state index >= 15 is 0 Å². The molecule has 0 saturated carbocycles. The zero-order valence-electron chi connectivity index (χ0n) is 15.9. The average Bonchev–Trinajstić information content (AvgIpc) is 2.65. The van der Waals surface area contributed by atoms with Gasteiger partial charge < -0.3 is 9.84 Å². The van der Waals surface area contributed by atoms with Crippen LogP contribution >= 0.6 is 0 Å². The van der Waals surface area contributed by atoms with Crippen LogP contribution in [0.4, 0.5) is 0 Å². The van der Waals surface area contributed by atoms with Gasteiger partial charge in [-0.3, -0.25) is 14.2 Å². The predicted molar refractivity (Wildman–Crippen MR) is 102 cm³/mol. The monoisotopic (exact) mass is 368 g/mol. The molecule has 142 valence electrons. The number of hydrogen-bond acceptors (Lipinski definition) is 5. The van der Waals surface area contributed by atoms with Gasteiger partial charge in [-0.25, -0.2) is 0 Å². The van der Waals surface area contributed by atoms with Gasteiger partial charge in [0.25, 0.3) is 5.56 Å². The van der Waals surface area contributed by atoms with Crippen molar-refractivity contribution in [1.29, 1.82) is 5.26 Å². The molecular formula is C21H24N2O4. The van der Waals surface area contributed by atoms with Crippen LogP contribution in [0.15, 0.2) is 29.1 Å². The Morgan fingerprint density at radius 3 is 2.59 bits per heavy atom. The van der Waals surface area contributed by atoms with E-state index in [4.69, 9.17) is 4.74 Å². The number of ketones is 1. The summed E-state index contributed by atoms with van der Waals surface area (Å²) in [6.45, 7) is 5.98. The van der Waals surface area contributed by atoms with Crippen molar-refractivity contribution < 1.29 is 14.6 Å². The second-order valence-corrected chi connectivity index (χ2v) is 6.23. The van der Waals surface area contributed by atoms with Crippen molar-refractivity contribution in [3.8, 4) is 17.7 Å². The Kier molecular flexibility index (Phi) is 6.78. The summed E-state index contributed by atoms with van der Waals surface area (Å²) < 4.78 is 6.64. The van der Waals surface area contributed by atoms with Gasteiger partial charge in [0, 0.05) is 6.54 Å². The summed E-state index contributed by atoms with van der Waals surface area (Å²) in [5, 5.41) is 20.1. The van der Waals surface area contributed by atoms with Crippen LogP contribution in [0, 0.1) is 18.3 Å². The highest BCUT2D eigenvalue weighted by molar-refractivity contribution is 6.13. The van der Waals surface area contributed by atoms with Gasteiger partial charge >= 0.3 is 0 Å². The quantitative estimate of drug-likeness (QED) is 0.568. The largest absolute Gasteiger partial charge is 0.494 e. The number of unbranched alkanes of at least 4 members (excludes halogenated alkanes) is 2. The molecule has 0 unspecified atom stereocenters. The third-order valence-electron chi connectivity index (χ3n) is 4.44. The molecule has 1 N–H and O–H groups in total. The standard InChI is InChI=1S/C21H24N2O4/c1-4-6-9-12-23-20(25)16(13-22)14(3)18(21(23)26)19(24)15-10-7-8-11-17(15)27-5-2/h7-8,10-11,26H,4-6,9,12H2,1-3H3. The summed E-state index contributed by atoms with van der Waals surface area (Å²) in [5.41, 5.74) is -0.266. The lowest BCUT2D eigenvalue weighted by Gasteiger charge is -2.16. The van der Waals surface area contributed by atoms with Gasteiger partial charge in [-0.2, -0.15) is 5.26 Å². The molecule has 27 heavy (non-hydrogen) atoms. The van der Waals surface area contributed by atoms with Crippen LogP contribution in [0.1, 0.15) is 60.2 Å². The minimum absolute atomic E-state index is 0.0326. The number of pyridine rings is 1. The Balaban J connectivity index is 2.66. The maximum absolute atomic E-state index is 13.2. The van der Waals surface area contributed by atoms with E-state index in [1.165, 1.54) is 6.92 Å². The van der Waals surface area contributed by atoms with E-state index in [0.717, 1.165) is 17.4 Å². The highest BCUT2D eigenvalue weighted by Crippen LogP contribution is 2.29. The van der Waals surface area contributed by atoms with Gasteiger partial charge in [0.1, 0.15) is 17.4 Å². The first-order chi connectivity index (χ1) is 13.0. The Morgan fingerprint density at radius 2 is 1.96 bits per heavy atom. The van der Waals surface area contributed by atoms with Gasteiger partial charge in [-0.1, -0.05) is 31.9 Å².